The second-order valence-corrected chi connectivity index (χ2v) is 11.1. The lowest BCUT2D eigenvalue weighted by Gasteiger charge is -2.64. The van der Waals surface area contributed by atoms with E-state index in [1.54, 1.807) is 12.1 Å². The number of hydrogen-bond donors (Lipinski definition) is 1. The van der Waals surface area contributed by atoms with Crippen LogP contribution in [0.5, 0.6) is 0 Å². The molecule has 2 aromatic carbocycles. The van der Waals surface area contributed by atoms with E-state index >= 15 is 0 Å². The molecule has 4 aliphatic rings. The minimum absolute atomic E-state index is 0.0877. The highest BCUT2D eigenvalue weighted by atomic mass is 35.5. The molecule has 30 heavy (non-hydrogen) atoms. The average molecular weight is 426 g/mol. The molecule has 0 saturated heterocycles. The summed E-state index contributed by atoms with van der Waals surface area (Å²) in [6.07, 6.45) is 8.79. The van der Waals surface area contributed by atoms with Gasteiger partial charge in [0, 0.05) is 17.1 Å². The van der Waals surface area contributed by atoms with Crippen LogP contribution in [0.3, 0.4) is 0 Å². The van der Waals surface area contributed by atoms with E-state index in [-0.39, 0.29) is 11.9 Å². The summed E-state index contributed by atoms with van der Waals surface area (Å²) in [5.74, 6) is 1.59. The Hall–Kier alpha value is -1.38. The Bertz CT molecular complexity index is 893. The van der Waals surface area contributed by atoms with Crippen LogP contribution >= 0.6 is 11.6 Å². The summed E-state index contributed by atoms with van der Waals surface area (Å²) in [5.41, 5.74) is 2.98. The van der Waals surface area contributed by atoms with Gasteiger partial charge in [-0.05, 0) is 111 Å². The van der Waals surface area contributed by atoms with Crippen molar-refractivity contribution in [3.63, 3.8) is 0 Å². The minimum atomic E-state index is -0.0877. The van der Waals surface area contributed by atoms with E-state index < -0.39 is 0 Å². The predicted molar refractivity (Wildman–Crippen MR) is 122 cm³/mol. The molecule has 2 aromatic rings. The van der Waals surface area contributed by atoms with E-state index in [1.807, 2.05) is 12.1 Å². The minimum Gasteiger partial charge on any atom is -0.311 e. The summed E-state index contributed by atoms with van der Waals surface area (Å²) >= 11 is 6.20. The van der Waals surface area contributed by atoms with Crippen LogP contribution in [0.25, 0.3) is 0 Å². The van der Waals surface area contributed by atoms with Gasteiger partial charge in [0.25, 0.3) is 0 Å². The van der Waals surface area contributed by atoms with Gasteiger partial charge in [-0.15, -0.1) is 0 Å². The van der Waals surface area contributed by atoms with Gasteiger partial charge in [-0.2, -0.15) is 0 Å². The van der Waals surface area contributed by atoms with E-state index in [9.17, 15) is 4.39 Å². The third kappa shape index (κ3) is 3.60. The molecule has 3 heteroatoms. The van der Waals surface area contributed by atoms with Gasteiger partial charge in [-0.25, -0.2) is 4.39 Å². The van der Waals surface area contributed by atoms with Crippen molar-refractivity contribution in [2.24, 2.45) is 17.3 Å². The molecular formula is C27H33ClFN. The van der Waals surface area contributed by atoms with Crippen molar-refractivity contribution in [3.8, 4) is 0 Å². The topological polar surface area (TPSA) is 12.0 Å². The van der Waals surface area contributed by atoms with Gasteiger partial charge in [-0.3, -0.25) is 0 Å². The third-order valence-corrected chi connectivity index (χ3v) is 8.75. The summed E-state index contributed by atoms with van der Waals surface area (Å²) in [4.78, 5) is 0. The molecule has 0 radical (unpaired) electrons. The molecule has 160 valence electrons. The zero-order chi connectivity index (χ0) is 20.9. The second-order valence-electron chi connectivity index (χ2n) is 10.7. The monoisotopic (exact) mass is 425 g/mol. The summed E-state index contributed by atoms with van der Waals surface area (Å²) in [7, 11) is 0. The van der Waals surface area contributed by atoms with Crippen molar-refractivity contribution in [3.05, 3.63) is 70.5 Å². The molecule has 6 rings (SSSR count). The average Bonchev–Trinajstić information content (AvgIpc) is 2.69. The lowest BCUT2D eigenvalue weighted by Crippen LogP contribution is -2.60. The van der Waals surface area contributed by atoms with Crippen LogP contribution in [0, 0.1) is 23.1 Å². The maximum Gasteiger partial charge on any atom is 0.126 e. The predicted octanol–water partition coefficient (Wildman–Crippen LogP) is 6.93. The lowest BCUT2D eigenvalue weighted by molar-refractivity contribution is -0.0893. The van der Waals surface area contributed by atoms with Crippen LogP contribution in [-0.2, 0) is 11.8 Å². The summed E-state index contributed by atoms with van der Waals surface area (Å²) < 4.78 is 14.1. The van der Waals surface area contributed by atoms with Crippen molar-refractivity contribution >= 4 is 11.6 Å². The fourth-order valence-corrected chi connectivity index (χ4v) is 7.76. The van der Waals surface area contributed by atoms with Gasteiger partial charge in [0.2, 0.25) is 0 Å². The standard InChI is InChI=1S/C27H33ClFN/c1-18(11-22-5-3-4-6-25(22)29)30-19(2)26-13-20-12-21(14-26)16-27(15-20,17-26)23-7-9-24(28)10-8-23/h3-10,18-21,30H,11-17H2,1-2H3/t18-,19+,20+,21+,26?,27?/m1/s1. The molecule has 4 atom stereocenters. The van der Waals surface area contributed by atoms with Gasteiger partial charge in [0.05, 0.1) is 0 Å². The normalized spacial score (nSPS) is 34.1. The Morgan fingerprint density at radius 3 is 2.33 bits per heavy atom. The summed E-state index contributed by atoms with van der Waals surface area (Å²) in [6.45, 7) is 4.60. The number of hydrogen-bond acceptors (Lipinski definition) is 1. The Kier molecular flexibility index (Phi) is 5.22. The molecule has 0 amide bonds. The van der Waals surface area contributed by atoms with Crippen LogP contribution in [0.1, 0.15) is 63.5 Å². The lowest BCUT2D eigenvalue weighted by atomic mass is 9.41. The molecule has 1 nitrogen and oxygen atoms in total. The van der Waals surface area contributed by atoms with E-state index in [0.717, 1.165) is 28.8 Å². The Labute approximate surface area is 185 Å². The van der Waals surface area contributed by atoms with E-state index in [1.165, 1.54) is 44.1 Å². The number of benzene rings is 2. The van der Waals surface area contributed by atoms with E-state index in [4.69, 9.17) is 11.6 Å². The van der Waals surface area contributed by atoms with Crippen molar-refractivity contribution < 1.29 is 4.39 Å². The fourth-order valence-electron chi connectivity index (χ4n) is 7.64. The largest absolute Gasteiger partial charge is 0.311 e. The Morgan fingerprint density at radius 1 is 1.00 bits per heavy atom. The number of rotatable bonds is 6. The summed E-state index contributed by atoms with van der Waals surface area (Å²) in [5, 5.41) is 4.73. The first-order chi connectivity index (χ1) is 14.4. The molecule has 0 aromatic heterocycles. The van der Waals surface area contributed by atoms with Crippen molar-refractivity contribution in [1.29, 1.82) is 0 Å². The highest BCUT2D eigenvalue weighted by Gasteiger charge is 2.59. The maximum absolute atomic E-state index is 14.1. The molecule has 0 unspecified atom stereocenters. The van der Waals surface area contributed by atoms with Crippen LogP contribution in [0.15, 0.2) is 48.5 Å². The van der Waals surface area contributed by atoms with Gasteiger partial charge in [0.15, 0.2) is 0 Å². The molecular weight excluding hydrogens is 393 g/mol. The molecule has 0 heterocycles. The van der Waals surface area contributed by atoms with Gasteiger partial charge < -0.3 is 5.32 Å². The SMILES string of the molecule is C[C@H](Cc1ccccc1F)N[C@@H](C)C12C[C@@H]3C[C@H](CC(c4ccc(Cl)cc4)(C3)C1)C2. The quantitative estimate of drug-likeness (QED) is 0.529. The van der Waals surface area contributed by atoms with Crippen LogP contribution in [0.2, 0.25) is 5.02 Å². The number of nitrogens with one attached hydrogen (secondary N) is 1. The smallest absolute Gasteiger partial charge is 0.126 e. The zero-order valence-electron chi connectivity index (χ0n) is 18.1. The molecule has 1 N–H and O–H groups in total. The van der Waals surface area contributed by atoms with Gasteiger partial charge in [-0.1, -0.05) is 41.9 Å². The molecule has 0 aliphatic heterocycles. The van der Waals surface area contributed by atoms with Crippen molar-refractivity contribution in [2.45, 2.75) is 76.3 Å². The first-order valence-electron chi connectivity index (χ1n) is 11.6. The Morgan fingerprint density at radius 2 is 1.67 bits per heavy atom. The van der Waals surface area contributed by atoms with E-state index in [0.29, 0.717) is 16.9 Å². The van der Waals surface area contributed by atoms with E-state index in [2.05, 4.69) is 43.4 Å². The van der Waals surface area contributed by atoms with Gasteiger partial charge in [0.1, 0.15) is 5.82 Å². The summed E-state index contributed by atoms with van der Waals surface area (Å²) in [6, 6.07) is 16.6. The van der Waals surface area contributed by atoms with Crippen molar-refractivity contribution in [1.82, 2.24) is 5.32 Å². The van der Waals surface area contributed by atoms with Crippen LogP contribution < -0.4 is 5.32 Å². The van der Waals surface area contributed by atoms with Crippen LogP contribution in [0.4, 0.5) is 4.39 Å². The molecule has 0 spiro atoms. The van der Waals surface area contributed by atoms with Crippen LogP contribution in [-0.4, -0.2) is 12.1 Å². The molecule has 4 fully saturated rings. The molecule has 4 aliphatic carbocycles. The second kappa shape index (κ2) is 7.64. The van der Waals surface area contributed by atoms with Crippen molar-refractivity contribution in [2.75, 3.05) is 0 Å². The number of halogens is 2. The maximum atomic E-state index is 14.1. The zero-order valence-corrected chi connectivity index (χ0v) is 18.9. The molecule has 4 saturated carbocycles. The first-order valence-corrected chi connectivity index (χ1v) is 12.0. The Balaban J connectivity index is 1.36. The highest BCUT2D eigenvalue weighted by Crippen LogP contribution is 2.66. The molecule has 4 bridgehead atoms. The van der Waals surface area contributed by atoms with Gasteiger partial charge >= 0.3 is 0 Å². The fraction of sp³-hybridized carbons (Fsp3) is 0.556. The third-order valence-electron chi connectivity index (χ3n) is 8.50. The highest BCUT2D eigenvalue weighted by molar-refractivity contribution is 6.30. The first kappa shape index (κ1) is 20.5.